The van der Waals surface area contributed by atoms with Crippen molar-refractivity contribution in [1.29, 1.82) is 0 Å². The van der Waals surface area contributed by atoms with Crippen molar-refractivity contribution in [3.05, 3.63) is 24.2 Å². The molecule has 5 nitrogen and oxygen atoms in total. The minimum Gasteiger partial charge on any atom is -0.468 e. The van der Waals surface area contributed by atoms with Crippen molar-refractivity contribution in [3.8, 4) is 0 Å². The number of carbonyl (C=O) groups excluding carboxylic acids is 1. The number of ether oxygens (including phenoxy) is 1. The maximum Gasteiger partial charge on any atom is 0.251 e. The summed E-state index contributed by atoms with van der Waals surface area (Å²) in [5, 5.41) is 0. The number of likely N-dealkylation sites (N-methyl/N-ethyl adjacent to an activating group) is 1. The van der Waals surface area contributed by atoms with Gasteiger partial charge in [-0.05, 0) is 31.4 Å². The van der Waals surface area contributed by atoms with Gasteiger partial charge in [0.15, 0.2) is 0 Å². The number of furan rings is 1. The molecule has 2 aliphatic rings. The highest BCUT2D eigenvalue weighted by Crippen LogP contribution is 2.32. The second kappa shape index (κ2) is 5.58. The van der Waals surface area contributed by atoms with Gasteiger partial charge in [0.1, 0.15) is 11.9 Å². The fourth-order valence-corrected chi connectivity index (χ4v) is 3.28. The van der Waals surface area contributed by atoms with Crippen molar-refractivity contribution in [2.24, 2.45) is 0 Å². The average molecular weight is 278 g/mol. The molecule has 20 heavy (non-hydrogen) atoms. The van der Waals surface area contributed by atoms with E-state index in [-0.39, 0.29) is 18.1 Å². The van der Waals surface area contributed by atoms with Crippen molar-refractivity contribution in [2.45, 2.75) is 44.1 Å². The first-order valence-electron chi connectivity index (χ1n) is 7.28. The Kier molecular flexibility index (Phi) is 3.81. The summed E-state index contributed by atoms with van der Waals surface area (Å²) < 4.78 is 11.4. The first-order chi connectivity index (χ1) is 9.65. The summed E-state index contributed by atoms with van der Waals surface area (Å²) >= 11 is 0. The Balaban J connectivity index is 1.60. The molecule has 1 aromatic rings. The van der Waals surface area contributed by atoms with E-state index in [2.05, 4.69) is 4.90 Å². The van der Waals surface area contributed by atoms with Gasteiger partial charge in [-0.3, -0.25) is 9.69 Å². The number of rotatable bonds is 3. The summed E-state index contributed by atoms with van der Waals surface area (Å²) in [6, 6.07) is 4.35. The average Bonchev–Trinajstić information content (AvgIpc) is 3.08. The van der Waals surface area contributed by atoms with Gasteiger partial charge in [-0.15, -0.1) is 0 Å². The lowest BCUT2D eigenvalue weighted by atomic mass is 9.98. The smallest absolute Gasteiger partial charge is 0.251 e. The first-order valence-corrected chi connectivity index (χ1v) is 7.28. The Morgan fingerprint density at radius 3 is 2.95 bits per heavy atom. The van der Waals surface area contributed by atoms with Crippen LogP contribution < -0.4 is 0 Å². The number of amides is 1. The molecule has 0 unspecified atom stereocenters. The molecule has 2 saturated heterocycles. The zero-order valence-electron chi connectivity index (χ0n) is 12.1. The SMILES string of the molecule is CN(C)C(=O)[C@@H]1CC[C@H]2[C@H](CCN2Cc2ccco2)O1. The monoisotopic (exact) mass is 278 g/mol. The van der Waals surface area contributed by atoms with E-state index in [0.717, 1.165) is 38.1 Å². The summed E-state index contributed by atoms with van der Waals surface area (Å²) in [4.78, 5) is 16.0. The number of likely N-dealkylation sites (tertiary alicyclic amines) is 1. The molecule has 3 heterocycles. The van der Waals surface area contributed by atoms with Crippen LogP contribution in [0.3, 0.4) is 0 Å². The normalized spacial score (nSPS) is 30.2. The van der Waals surface area contributed by atoms with Gasteiger partial charge >= 0.3 is 0 Å². The Morgan fingerprint density at radius 2 is 2.25 bits per heavy atom. The van der Waals surface area contributed by atoms with Crippen molar-refractivity contribution in [3.63, 3.8) is 0 Å². The van der Waals surface area contributed by atoms with Gasteiger partial charge < -0.3 is 14.1 Å². The van der Waals surface area contributed by atoms with Crippen LogP contribution in [0.2, 0.25) is 0 Å². The summed E-state index contributed by atoms with van der Waals surface area (Å²) in [5.74, 6) is 1.09. The van der Waals surface area contributed by atoms with E-state index in [9.17, 15) is 4.79 Å². The molecular formula is C15H22N2O3. The Morgan fingerprint density at radius 1 is 1.40 bits per heavy atom. The first kappa shape index (κ1) is 13.6. The third-order valence-electron chi connectivity index (χ3n) is 4.32. The molecule has 110 valence electrons. The van der Waals surface area contributed by atoms with Crippen molar-refractivity contribution in [2.75, 3.05) is 20.6 Å². The number of fused-ring (bicyclic) bond motifs is 1. The van der Waals surface area contributed by atoms with Crippen LogP contribution in [-0.2, 0) is 16.1 Å². The van der Waals surface area contributed by atoms with E-state index in [1.54, 1.807) is 25.3 Å². The molecule has 0 N–H and O–H groups in total. The van der Waals surface area contributed by atoms with Crippen molar-refractivity contribution < 1.29 is 13.9 Å². The molecule has 0 aromatic carbocycles. The highest BCUT2D eigenvalue weighted by Gasteiger charge is 2.42. The van der Waals surface area contributed by atoms with E-state index in [0.29, 0.717) is 6.04 Å². The number of carbonyl (C=O) groups is 1. The topological polar surface area (TPSA) is 45.9 Å². The van der Waals surface area contributed by atoms with E-state index < -0.39 is 0 Å². The quantitative estimate of drug-likeness (QED) is 0.840. The minimum absolute atomic E-state index is 0.0907. The van der Waals surface area contributed by atoms with E-state index >= 15 is 0 Å². The molecule has 1 aromatic heterocycles. The Bertz CT molecular complexity index is 458. The van der Waals surface area contributed by atoms with Gasteiger partial charge in [-0.1, -0.05) is 0 Å². The van der Waals surface area contributed by atoms with Crippen molar-refractivity contribution >= 4 is 5.91 Å². The molecule has 2 fully saturated rings. The standard InChI is InChI=1S/C15H22N2O3/c1-16(2)15(18)14-6-5-12-13(20-14)7-8-17(12)10-11-4-3-9-19-11/h3-4,9,12-14H,5-8,10H2,1-2H3/t12-,13-,14-/m0/s1. The largest absolute Gasteiger partial charge is 0.468 e. The van der Waals surface area contributed by atoms with Crippen LogP contribution in [0.25, 0.3) is 0 Å². The molecular weight excluding hydrogens is 256 g/mol. The lowest BCUT2D eigenvalue weighted by Gasteiger charge is -2.36. The van der Waals surface area contributed by atoms with Gasteiger partial charge in [-0.2, -0.15) is 0 Å². The summed E-state index contributed by atoms with van der Waals surface area (Å²) in [6.45, 7) is 1.85. The van der Waals surface area contributed by atoms with Gasteiger partial charge in [0.05, 0.1) is 18.9 Å². The van der Waals surface area contributed by atoms with Gasteiger partial charge in [-0.25, -0.2) is 0 Å². The molecule has 0 saturated carbocycles. The van der Waals surface area contributed by atoms with Crippen molar-refractivity contribution in [1.82, 2.24) is 9.80 Å². The molecule has 5 heteroatoms. The summed E-state index contributed by atoms with van der Waals surface area (Å²) in [7, 11) is 3.57. The van der Waals surface area contributed by atoms with Gasteiger partial charge in [0.25, 0.3) is 5.91 Å². The fourth-order valence-electron chi connectivity index (χ4n) is 3.28. The van der Waals surface area contributed by atoms with Crippen LogP contribution in [0.1, 0.15) is 25.0 Å². The maximum atomic E-state index is 12.0. The zero-order valence-corrected chi connectivity index (χ0v) is 12.1. The van der Waals surface area contributed by atoms with E-state index in [1.807, 2.05) is 12.1 Å². The van der Waals surface area contributed by atoms with Gasteiger partial charge in [0.2, 0.25) is 0 Å². The van der Waals surface area contributed by atoms with Gasteiger partial charge in [0, 0.05) is 26.7 Å². The van der Waals surface area contributed by atoms with Crippen LogP contribution >= 0.6 is 0 Å². The second-order valence-corrected chi connectivity index (χ2v) is 5.88. The Hall–Kier alpha value is -1.33. The summed E-state index contributed by atoms with van der Waals surface area (Å²) in [5.41, 5.74) is 0. The molecule has 0 aliphatic carbocycles. The molecule has 0 radical (unpaired) electrons. The van der Waals surface area contributed by atoms with Crippen LogP contribution in [-0.4, -0.2) is 54.6 Å². The highest BCUT2D eigenvalue weighted by atomic mass is 16.5. The predicted molar refractivity (Wildman–Crippen MR) is 74.1 cm³/mol. The molecule has 1 amide bonds. The fraction of sp³-hybridized carbons (Fsp3) is 0.667. The molecule has 0 bridgehead atoms. The van der Waals surface area contributed by atoms with Crippen LogP contribution in [0.5, 0.6) is 0 Å². The third-order valence-corrected chi connectivity index (χ3v) is 4.32. The Labute approximate surface area is 119 Å². The highest BCUT2D eigenvalue weighted by molar-refractivity contribution is 5.80. The maximum absolute atomic E-state index is 12.0. The molecule has 3 rings (SSSR count). The number of hydrogen-bond acceptors (Lipinski definition) is 4. The number of nitrogens with zero attached hydrogens (tertiary/aromatic N) is 2. The second-order valence-electron chi connectivity index (χ2n) is 5.88. The van der Waals surface area contributed by atoms with Crippen LogP contribution in [0.15, 0.2) is 22.8 Å². The zero-order chi connectivity index (χ0) is 14.1. The van der Waals surface area contributed by atoms with Crippen LogP contribution in [0, 0.1) is 0 Å². The lowest BCUT2D eigenvalue weighted by Crippen LogP contribution is -2.47. The molecule has 2 aliphatic heterocycles. The van der Waals surface area contributed by atoms with Crippen LogP contribution in [0.4, 0.5) is 0 Å². The van der Waals surface area contributed by atoms with E-state index in [1.165, 1.54) is 0 Å². The lowest BCUT2D eigenvalue weighted by molar-refractivity contribution is -0.152. The van der Waals surface area contributed by atoms with E-state index in [4.69, 9.17) is 9.15 Å². The third kappa shape index (κ3) is 2.60. The molecule has 3 atom stereocenters. The molecule has 0 spiro atoms. The minimum atomic E-state index is -0.255. The number of hydrogen-bond donors (Lipinski definition) is 0. The predicted octanol–water partition coefficient (Wildman–Crippen LogP) is 1.49. The summed E-state index contributed by atoms with van der Waals surface area (Å²) in [6.07, 6.45) is 4.49.